The van der Waals surface area contributed by atoms with Crippen LogP contribution in [0.2, 0.25) is 0 Å². The van der Waals surface area contributed by atoms with E-state index < -0.39 is 0 Å². The van der Waals surface area contributed by atoms with Crippen molar-refractivity contribution >= 4 is 66.2 Å². The number of benzene rings is 1. The highest BCUT2D eigenvalue weighted by molar-refractivity contribution is 5.86. The molecule has 1 aromatic heterocycles. The van der Waals surface area contributed by atoms with Gasteiger partial charge in [0.2, 0.25) is 0 Å². The number of H-pyrrole nitrogens is 1. The molecule has 0 saturated heterocycles. The molecule has 1 aromatic carbocycles. The van der Waals surface area contributed by atoms with Crippen molar-refractivity contribution in [3.63, 3.8) is 0 Å². The largest absolute Gasteiger partial charge is 0.324 e. The molecule has 88 valence electrons. The second-order valence-corrected chi connectivity index (χ2v) is 2.32. The number of nitrogens with zero attached hydrogens (tertiary/aromatic N) is 1. The number of nitrogen functional groups attached to an aromatic ring is 1. The lowest BCUT2D eigenvalue weighted by atomic mass is 10.2. The van der Waals surface area contributed by atoms with Gasteiger partial charge in [0.25, 0.3) is 0 Å². The van der Waals surface area contributed by atoms with E-state index in [2.05, 4.69) is 15.6 Å². The second-order valence-electron chi connectivity index (χ2n) is 2.32. The molecule has 0 unspecified atom stereocenters. The number of nitrogens with two attached hydrogens (primary N) is 1. The highest BCUT2D eigenvalue weighted by atomic mass is 35.5. The first-order valence-electron chi connectivity index (χ1n) is 3.30. The van der Waals surface area contributed by atoms with E-state index in [1.54, 1.807) is 6.20 Å². The number of fused-ring (bicyclic) bond motifs is 1. The minimum absolute atomic E-state index is 0. The van der Waals surface area contributed by atoms with Crippen molar-refractivity contribution in [2.75, 3.05) is 5.43 Å². The number of aromatic amines is 1. The van der Waals surface area contributed by atoms with Crippen LogP contribution in [0.25, 0.3) is 10.9 Å². The predicted octanol–water partition coefficient (Wildman–Crippen LogP) is 2.54. The van der Waals surface area contributed by atoms with Crippen LogP contribution in [0.1, 0.15) is 0 Å². The molecule has 0 atom stereocenters. The van der Waals surface area contributed by atoms with Gasteiger partial charge in [0.05, 0.1) is 17.4 Å². The number of halogens is 4. The van der Waals surface area contributed by atoms with Gasteiger partial charge in [0.1, 0.15) is 0 Å². The number of nitrogens with one attached hydrogen (secondary N) is 2. The minimum atomic E-state index is 0. The zero-order valence-corrected chi connectivity index (χ0v) is 10.7. The van der Waals surface area contributed by atoms with Gasteiger partial charge in [-0.3, -0.25) is 10.9 Å². The summed E-state index contributed by atoms with van der Waals surface area (Å²) in [5, 5.41) is 7.82. The van der Waals surface area contributed by atoms with Gasteiger partial charge in [0, 0.05) is 5.39 Å². The monoisotopic (exact) mass is 292 g/mol. The van der Waals surface area contributed by atoms with E-state index in [0.717, 1.165) is 16.6 Å². The van der Waals surface area contributed by atoms with Crippen LogP contribution in [-0.2, 0) is 0 Å². The summed E-state index contributed by atoms with van der Waals surface area (Å²) in [7, 11) is 0. The Hall–Kier alpha value is -0.390. The Bertz CT molecular complexity index is 378. The summed E-state index contributed by atoms with van der Waals surface area (Å²) >= 11 is 0. The van der Waals surface area contributed by atoms with Crippen molar-refractivity contribution in [3.05, 3.63) is 24.4 Å². The molecule has 0 spiro atoms. The Balaban J connectivity index is -0.000000360. The van der Waals surface area contributed by atoms with Crippen LogP contribution in [0.3, 0.4) is 0 Å². The highest BCUT2D eigenvalue weighted by Crippen LogP contribution is 2.14. The number of rotatable bonds is 1. The van der Waals surface area contributed by atoms with Crippen LogP contribution in [0.4, 0.5) is 5.69 Å². The fourth-order valence-corrected chi connectivity index (χ4v) is 1.03. The molecule has 0 fully saturated rings. The Labute approximate surface area is 112 Å². The molecule has 2 aromatic rings. The van der Waals surface area contributed by atoms with Crippen molar-refractivity contribution < 1.29 is 0 Å². The average Bonchev–Trinajstić information content (AvgIpc) is 2.50. The third-order valence-corrected chi connectivity index (χ3v) is 1.61. The van der Waals surface area contributed by atoms with Gasteiger partial charge in [0.15, 0.2) is 0 Å². The zero-order chi connectivity index (χ0) is 7.68. The summed E-state index contributed by atoms with van der Waals surface area (Å²) < 4.78 is 0. The Morgan fingerprint density at radius 2 is 1.80 bits per heavy atom. The summed E-state index contributed by atoms with van der Waals surface area (Å²) in [5.41, 5.74) is 4.42. The molecule has 0 aliphatic carbocycles. The Kier molecular flexibility index (Phi) is 11.9. The standard InChI is InChI=1S/C7H8N4.4ClH/c8-10-6-2-1-5-4-9-11-7(5)3-6;;;;/h1-4,10H,8H2,(H,9,11);4*1H. The predicted molar refractivity (Wildman–Crippen MR) is 72.9 cm³/mol. The summed E-state index contributed by atoms with van der Waals surface area (Å²) in [5.74, 6) is 5.23. The van der Waals surface area contributed by atoms with E-state index in [9.17, 15) is 0 Å². The van der Waals surface area contributed by atoms with Gasteiger partial charge in [-0.25, -0.2) is 0 Å². The van der Waals surface area contributed by atoms with Crippen LogP contribution in [-0.4, -0.2) is 10.2 Å². The number of hydrogen-bond acceptors (Lipinski definition) is 3. The molecule has 4 nitrogen and oxygen atoms in total. The number of aromatic nitrogens is 2. The molecule has 2 rings (SSSR count). The van der Waals surface area contributed by atoms with Gasteiger partial charge in [-0.05, 0) is 18.2 Å². The summed E-state index contributed by atoms with van der Waals surface area (Å²) in [6, 6.07) is 5.76. The molecule has 1 heterocycles. The number of hydrazine groups is 1. The Morgan fingerprint density at radius 1 is 1.13 bits per heavy atom. The molecule has 0 aliphatic heterocycles. The first-order valence-corrected chi connectivity index (χ1v) is 3.30. The van der Waals surface area contributed by atoms with E-state index in [-0.39, 0.29) is 49.6 Å². The maximum atomic E-state index is 5.23. The molecular weight excluding hydrogens is 282 g/mol. The number of anilines is 1. The average molecular weight is 294 g/mol. The van der Waals surface area contributed by atoms with E-state index >= 15 is 0 Å². The number of hydrogen-bond donors (Lipinski definition) is 3. The molecule has 0 amide bonds. The minimum Gasteiger partial charge on any atom is -0.324 e. The first kappa shape index (κ1) is 20.1. The second kappa shape index (κ2) is 8.88. The van der Waals surface area contributed by atoms with Gasteiger partial charge in [-0.2, -0.15) is 5.10 Å². The molecule has 0 radical (unpaired) electrons. The molecule has 4 N–H and O–H groups in total. The molecule has 0 bridgehead atoms. The Morgan fingerprint density at radius 3 is 2.40 bits per heavy atom. The van der Waals surface area contributed by atoms with Crippen molar-refractivity contribution in [3.8, 4) is 0 Å². The van der Waals surface area contributed by atoms with Gasteiger partial charge < -0.3 is 5.43 Å². The van der Waals surface area contributed by atoms with Crippen molar-refractivity contribution in [1.82, 2.24) is 10.2 Å². The maximum absolute atomic E-state index is 5.23. The van der Waals surface area contributed by atoms with Gasteiger partial charge in [-0.1, -0.05) is 0 Å². The lowest BCUT2D eigenvalue weighted by Crippen LogP contribution is -2.05. The van der Waals surface area contributed by atoms with E-state index in [4.69, 9.17) is 5.84 Å². The fraction of sp³-hybridized carbons (Fsp3) is 0. The van der Waals surface area contributed by atoms with Crippen LogP contribution in [0, 0.1) is 0 Å². The lowest BCUT2D eigenvalue weighted by Gasteiger charge is -1.96. The molecule has 15 heavy (non-hydrogen) atoms. The fourth-order valence-electron chi connectivity index (χ4n) is 1.03. The quantitative estimate of drug-likeness (QED) is 0.559. The highest BCUT2D eigenvalue weighted by Gasteiger charge is 1.94. The maximum Gasteiger partial charge on any atom is 0.0671 e. The van der Waals surface area contributed by atoms with Crippen molar-refractivity contribution in [1.29, 1.82) is 0 Å². The van der Waals surface area contributed by atoms with Crippen molar-refractivity contribution in [2.24, 2.45) is 5.84 Å². The summed E-state index contributed by atoms with van der Waals surface area (Å²) in [6.45, 7) is 0. The van der Waals surface area contributed by atoms with Crippen LogP contribution in [0.15, 0.2) is 24.4 Å². The molecule has 0 aliphatic rings. The van der Waals surface area contributed by atoms with Gasteiger partial charge >= 0.3 is 0 Å². The smallest absolute Gasteiger partial charge is 0.0671 e. The molecule has 0 saturated carbocycles. The van der Waals surface area contributed by atoms with Crippen LogP contribution >= 0.6 is 49.6 Å². The van der Waals surface area contributed by atoms with Crippen molar-refractivity contribution in [2.45, 2.75) is 0 Å². The van der Waals surface area contributed by atoms with Gasteiger partial charge in [-0.15, -0.1) is 49.6 Å². The zero-order valence-electron chi connectivity index (χ0n) is 7.47. The topological polar surface area (TPSA) is 66.7 Å². The molecule has 8 heteroatoms. The van der Waals surface area contributed by atoms with E-state index in [1.807, 2.05) is 18.2 Å². The third-order valence-electron chi connectivity index (χ3n) is 1.61. The van der Waals surface area contributed by atoms with Crippen LogP contribution in [0.5, 0.6) is 0 Å². The third kappa shape index (κ3) is 4.32. The first-order chi connectivity index (χ1) is 5.40. The summed E-state index contributed by atoms with van der Waals surface area (Å²) in [4.78, 5) is 0. The normalized spacial score (nSPS) is 7.53. The van der Waals surface area contributed by atoms with E-state index in [1.165, 1.54) is 0 Å². The van der Waals surface area contributed by atoms with E-state index in [0.29, 0.717) is 0 Å². The summed E-state index contributed by atoms with van der Waals surface area (Å²) in [6.07, 6.45) is 1.77. The lowest BCUT2D eigenvalue weighted by molar-refractivity contribution is 1.12. The van der Waals surface area contributed by atoms with Crippen LogP contribution < -0.4 is 11.3 Å². The molecular formula is C7H12Cl4N4. The SMILES string of the molecule is Cl.Cl.Cl.Cl.NNc1ccc2cn[nH]c2c1.